The van der Waals surface area contributed by atoms with Crippen LogP contribution in [0.4, 0.5) is 19.0 Å². The second-order valence-electron chi connectivity index (χ2n) is 5.94. The first-order valence-electron chi connectivity index (χ1n) is 7.83. The van der Waals surface area contributed by atoms with Crippen molar-refractivity contribution < 1.29 is 13.2 Å². The standard InChI is InChI=1S/C18H12Cl2F3N3/c19-12-5-6-15(14(20)9-12)26-17-13(7-8-24-17)16(25-26)10-1-3-11(4-2-10)18(21,22)23/h1-6,9,24H,7-8H2. The summed E-state index contributed by atoms with van der Waals surface area (Å²) in [5.41, 5.74) is 2.19. The van der Waals surface area contributed by atoms with E-state index in [1.165, 1.54) is 12.1 Å². The molecule has 2 heterocycles. The SMILES string of the molecule is FC(F)(F)c1ccc(-c2nn(-c3ccc(Cl)cc3Cl)c3c2CCN3)cc1. The number of rotatable bonds is 2. The highest BCUT2D eigenvalue weighted by Crippen LogP contribution is 2.37. The molecule has 1 aliphatic heterocycles. The second-order valence-corrected chi connectivity index (χ2v) is 6.78. The van der Waals surface area contributed by atoms with Crippen molar-refractivity contribution in [2.45, 2.75) is 12.6 Å². The number of hydrogen-bond acceptors (Lipinski definition) is 2. The van der Waals surface area contributed by atoms with Crippen molar-refractivity contribution in [3.63, 3.8) is 0 Å². The summed E-state index contributed by atoms with van der Waals surface area (Å²) in [5.74, 6) is 0.795. The molecule has 0 amide bonds. The van der Waals surface area contributed by atoms with Gasteiger partial charge in [0.05, 0.1) is 22.0 Å². The van der Waals surface area contributed by atoms with Gasteiger partial charge in [-0.15, -0.1) is 0 Å². The lowest BCUT2D eigenvalue weighted by atomic mass is 10.0. The quantitative estimate of drug-likeness (QED) is 0.589. The smallest absolute Gasteiger partial charge is 0.369 e. The first-order chi connectivity index (χ1) is 12.3. The van der Waals surface area contributed by atoms with Gasteiger partial charge < -0.3 is 5.32 Å². The minimum absolute atomic E-state index is 0.440. The molecule has 0 spiro atoms. The van der Waals surface area contributed by atoms with Crippen LogP contribution >= 0.6 is 23.2 Å². The number of nitrogens with one attached hydrogen (secondary N) is 1. The molecule has 1 aliphatic rings. The van der Waals surface area contributed by atoms with Gasteiger partial charge in [0.25, 0.3) is 0 Å². The number of benzene rings is 2. The van der Waals surface area contributed by atoms with E-state index in [0.717, 1.165) is 36.5 Å². The zero-order chi connectivity index (χ0) is 18.5. The number of alkyl halides is 3. The first kappa shape index (κ1) is 17.2. The zero-order valence-corrected chi connectivity index (χ0v) is 14.8. The van der Waals surface area contributed by atoms with Crippen LogP contribution in [0.25, 0.3) is 16.9 Å². The molecule has 26 heavy (non-hydrogen) atoms. The van der Waals surface area contributed by atoms with Crippen molar-refractivity contribution in [2.24, 2.45) is 0 Å². The Morgan fingerprint density at radius 3 is 2.42 bits per heavy atom. The van der Waals surface area contributed by atoms with Crippen LogP contribution < -0.4 is 5.32 Å². The highest BCUT2D eigenvalue weighted by Gasteiger charge is 2.31. The third-order valence-corrected chi connectivity index (χ3v) is 4.81. The van der Waals surface area contributed by atoms with Gasteiger partial charge in [0, 0.05) is 22.7 Å². The lowest BCUT2D eigenvalue weighted by Gasteiger charge is -2.09. The van der Waals surface area contributed by atoms with Crippen molar-refractivity contribution in [3.05, 3.63) is 63.6 Å². The molecular weight excluding hydrogens is 386 g/mol. The summed E-state index contributed by atoms with van der Waals surface area (Å²) in [5, 5.41) is 8.82. The minimum Gasteiger partial charge on any atom is -0.369 e. The predicted octanol–water partition coefficient (Wildman–Crippen LogP) is 5.83. The molecule has 0 aliphatic carbocycles. The number of nitrogens with zero attached hydrogens (tertiary/aromatic N) is 2. The van der Waals surface area contributed by atoms with Crippen LogP contribution in [-0.2, 0) is 12.6 Å². The summed E-state index contributed by atoms with van der Waals surface area (Å²) in [6, 6.07) is 10.1. The summed E-state index contributed by atoms with van der Waals surface area (Å²) in [6.45, 7) is 0.728. The van der Waals surface area contributed by atoms with E-state index in [9.17, 15) is 13.2 Å². The van der Waals surface area contributed by atoms with Crippen LogP contribution in [0.3, 0.4) is 0 Å². The third kappa shape index (κ3) is 2.93. The second kappa shape index (κ2) is 6.21. The topological polar surface area (TPSA) is 29.9 Å². The molecule has 3 aromatic rings. The van der Waals surface area contributed by atoms with Crippen LogP contribution in [0.1, 0.15) is 11.1 Å². The first-order valence-corrected chi connectivity index (χ1v) is 8.59. The summed E-state index contributed by atoms with van der Waals surface area (Å²) >= 11 is 12.2. The highest BCUT2D eigenvalue weighted by molar-refractivity contribution is 6.35. The van der Waals surface area contributed by atoms with Gasteiger partial charge in [0.15, 0.2) is 0 Å². The Labute approximate surface area is 157 Å². The van der Waals surface area contributed by atoms with E-state index < -0.39 is 11.7 Å². The molecule has 4 rings (SSSR count). The predicted molar refractivity (Wildman–Crippen MR) is 96.2 cm³/mol. The van der Waals surface area contributed by atoms with Gasteiger partial charge in [-0.05, 0) is 36.8 Å². The third-order valence-electron chi connectivity index (χ3n) is 4.27. The zero-order valence-electron chi connectivity index (χ0n) is 13.2. The molecule has 0 radical (unpaired) electrons. The summed E-state index contributed by atoms with van der Waals surface area (Å²) < 4.78 is 40.0. The summed E-state index contributed by atoms with van der Waals surface area (Å²) in [7, 11) is 0. The number of anilines is 1. The Bertz CT molecular complexity index is 979. The van der Waals surface area contributed by atoms with E-state index in [4.69, 9.17) is 23.2 Å². The van der Waals surface area contributed by atoms with Crippen molar-refractivity contribution in [3.8, 4) is 16.9 Å². The summed E-state index contributed by atoms with van der Waals surface area (Å²) in [4.78, 5) is 0. The van der Waals surface area contributed by atoms with Crippen LogP contribution in [0.5, 0.6) is 0 Å². The van der Waals surface area contributed by atoms with Gasteiger partial charge >= 0.3 is 6.18 Å². The molecule has 0 saturated carbocycles. The fraction of sp³-hybridized carbons (Fsp3) is 0.167. The van der Waals surface area contributed by atoms with Crippen molar-refractivity contribution in [1.29, 1.82) is 0 Å². The van der Waals surface area contributed by atoms with E-state index in [1.807, 2.05) is 0 Å². The fourth-order valence-electron chi connectivity index (χ4n) is 3.05. The van der Waals surface area contributed by atoms with Crippen LogP contribution in [0.2, 0.25) is 10.0 Å². The molecule has 0 unspecified atom stereocenters. The van der Waals surface area contributed by atoms with Gasteiger partial charge in [0.2, 0.25) is 0 Å². The average molecular weight is 398 g/mol. The molecule has 0 saturated heterocycles. The van der Waals surface area contributed by atoms with E-state index in [-0.39, 0.29) is 0 Å². The van der Waals surface area contributed by atoms with Crippen molar-refractivity contribution in [1.82, 2.24) is 9.78 Å². The lowest BCUT2D eigenvalue weighted by molar-refractivity contribution is -0.137. The number of halogens is 5. The Morgan fingerprint density at radius 1 is 1.04 bits per heavy atom. The molecule has 2 aromatic carbocycles. The maximum Gasteiger partial charge on any atom is 0.416 e. The minimum atomic E-state index is -4.36. The van der Waals surface area contributed by atoms with Gasteiger partial charge in [-0.3, -0.25) is 0 Å². The molecule has 8 heteroatoms. The summed E-state index contributed by atoms with van der Waals surface area (Å²) in [6.07, 6.45) is -3.63. The van der Waals surface area contributed by atoms with Crippen molar-refractivity contribution >= 4 is 29.0 Å². The molecule has 134 valence electrons. The molecule has 0 bridgehead atoms. The Kier molecular flexibility index (Phi) is 4.12. The van der Waals surface area contributed by atoms with Crippen molar-refractivity contribution in [2.75, 3.05) is 11.9 Å². The Hall–Kier alpha value is -2.18. The van der Waals surface area contributed by atoms with E-state index in [1.54, 1.807) is 22.9 Å². The Morgan fingerprint density at radius 2 is 1.77 bits per heavy atom. The largest absolute Gasteiger partial charge is 0.416 e. The van der Waals surface area contributed by atoms with Crippen LogP contribution in [-0.4, -0.2) is 16.3 Å². The number of fused-ring (bicyclic) bond motifs is 1. The maximum absolute atomic E-state index is 12.8. The Balaban J connectivity index is 1.82. The van der Waals surface area contributed by atoms with Gasteiger partial charge in [-0.2, -0.15) is 18.3 Å². The molecule has 1 N–H and O–H groups in total. The number of aromatic nitrogens is 2. The molecule has 1 aromatic heterocycles. The van der Waals surface area contributed by atoms with Gasteiger partial charge in [-0.25, -0.2) is 4.68 Å². The maximum atomic E-state index is 12.8. The number of hydrogen-bond donors (Lipinski definition) is 1. The fourth-order valence-corrected chi connectivity index (χ4v) is 3.54. The highest BCUT2D eigenvalue weighted by atomic mass is 35.5. The monoisotopic (exact) mass is 397 g/mol. The molecule has 0 fully saturated rings. The van der Waals surface area contributed by atoms with Crippen LogP contribution in [0.15, 0.2) is 42.5 Å². The lowest BCUT2D eigenvalue weighted by Crippen LogP contribution is -2.05. The average Bonchev–Trinajstić information content (AvgIpc) is 3.17. The van der Waals surface area contributed by atoms with E-state index >= 15 is 0 Å². The van der Waals surface area contributed by atoms with E-state index in [2.05, 4.69) is 10.4 Å². The molecule has 3 nitrogen and oxygen atoms in total. The molecule has 0 atom stereocenters. The van der Waals surface area contributed by atoms with E-state index in [0.29, 0.717) is 27.0 Å². The van der Waals surface area contributed by atoms with Crippen LogP contribution in [0, 0.1) is 0 Å². The van der Waals surface area contributed by atoms with Gasteiger partial charge in [-0.1, -0.05) is 35.3 Å². The normalized spacial score (nSPS) is 13.6. The molecular formula is C18H12Cl2F3N3. The van der Waals surface area contributed by atoms with Gasteiger partial charge in [0.1, 0.15) is 5.82 Å².